The maximum atomic E-state index is 11.4. The minimum absolute atomic E-state index is 0.228. The van der Waals surface area contributed by atoms with Crippen molar-refractivity contribution in [3.63, 3.8) is 0 Å². The Hall–Kier alpha value is -0.390. The van der Waals surface area contributed by atoms with Crippen LogP contribution in [0.2, 0.25) is 0 Å². The molecule has 0 radical (unpaired) electrons. The first kappa shape index (κ1) is 11.7. The Balaban J connectivity index is 2.40. The first-order chi connectivity index (χ1) is 6.56. The average molecular weight is 220 g/mol. The van der Waals surface area contributed by atoms with Gasteiger partial charge in [-0.15, -0.1) is 6.58 Å². The van der Waals surface area contributed by atoms with Crippen LogP contribution in [-0.4, -0.2) is 32.5 Å². The van der Waals surface area contributed by atoms with Crippen LogP contribution < -0.4 is 0 Å². The lowest BCUT2D eigenvalue weighted by atomic mass is 10.4. The molecule has 1 saturated heterocycles. The minimum Gasteiger partial charge on any atom is -0.349 e. The molecule has 0 amide bonds. The van der Waals surface area contributed by atoms with Crippen molar-refractivity contribution in [3.8, 4) is 0 Å². The predicted octanol–water partition coefficient (Wildman–Crippen LogP) is 1.09. The molecule has 0 aromatic carbocycles. The smallest absolute Gasteiger partial charge is 0.177 e. The van der Waals surface area contributed by atoms with Crippen LogP contribution >= 0.6 is 0 Å². The van der Waals surface area contributed by atoms with Crippen LogP contribution in [-0.2, 0) is 19.3 Å². The lowest BCUT2D eigenvalue weighted by Crippen LogP contribution is -2.26. The summed E-state index contributed by atoms with van der Waals surface area (Å²) in [4.78, 5) is 0. The fourth-order valence-corrected chi connectivity index (χ4v) is 3.05. The fourth-order valence-electron chi connectivity index (χ4n) is 1.37. The molecular weight excluding hydrogens is 204 g/mol. The van der Waals surface area contributed by atoms with Crippen molar-refractivity contribution in [1.82, 2.24) is 0 Å². The Morgan fingerprint density at radius 2 is 2.36 bits per heavy atom. The number of sulfone groups is 1. The van der Waals surface area contributed by atoms with E-state index in [4.69, 9.17) is 9.47 Å². The molecule has 2 unspecified atom stereocenters. The summed E-state index contributed by atoms with van der Waals surface area (Å²) in [7, 11) is -3.04. The maximum Gasteiger partial charge on any atom is 0.177 e. The summed E-state index contributed by atoms with van der Waals surface area (Å²) in [6.07, 6.45) is 2.36. The quantitative estimate of drug-likeness (QED) is 0.514. The van der Waals surface area contributed by atoms with E-state index in [1.165, 1.54) is 0 Å². The molecule has 1 aliphatic heterocycles. The van der Waals surface area contributed by atoms with E-state index in [0.717, 1.165) is 0 Å². The van der Waals surface area contributed by atoms with Gasteiger partial charge in [-0.2, -0.15) is 0 Å². The fraction of sp³-hybridized carbons (Fsp3) is 0.778. The summed E-state index contributed by atoms with van der Waals surface area (Å²) in [6, 6.07) is 0. The van der Waals surface area contributed by atoms with Gasteiger partial charge < -0.3 is 9.47 Å². The van der Waals surface area contributed by atoms with Gasteiger partial charge in [-0.25, -0.2) is 8.42 Å². The summed E-state index contributed by atoms with van der Waals surface area (Å²) >= 11 is 0. The van der Waals surface area contributed by atoms with E-state index in [1.807, 2.05) is 0 Å². The van der Waals surface area contributed by atoms with E-state index in [0.29, 0.717) is 19.4 Å². The molecule has 0 aromatic heterocycles. The van der Waals surface area contributed by atoms with Gasteiger partial charge in [0.25, 0.3) is 0 Å². The molecule has 0 aromatic rings. The number of hydrogen-bond acceptors (Lipinski definition) is 4. The molecule has 5 heteroatoms. The third-order valence-corrected chi connectivity index (χ3v) is 4.07. The van der Waals surface area contributed by atoms with Crippen molar-refractivity contribution in [1.29, 1.82) is 0 Å². The molecule has 1 fully saturated rings. The molecule has 1 heterocycles. The Bertz CT molecular complexity index is 283. The number of rotatable bonds is 5. The lowest BCUT2D eigenvalue weighted by molar-refractivity contribution is -0.133. The van der Waals surface area contributed by atoms with E-state index in [1.54, 1.807) is 13.0 Å². The number of hydrogen-bond donors (Lipinski definition) is 0. The van der Waals surface area contributed by atoms with E-state index >= 15 is 0 Å². The van der Waals surface area contributed by atoms with Gasteiger partial charge in [-0.05, 0) is 19.8 Å². The van der Waals surface area contributed by atoms with Crippen molar-refractivity contribution < 1.29 is 17.9 Å². The minimum atomic E-state index is -3.04. The van der Waals surface area contributed by atoms with Crippen LogP contribution in [0.15, 0.2) is 12.7 Å². The summed E-state index contributed by atoms with van der Waals surface area (Å²) < 4.78 is 33.2. The van der Waals surface area contributed by atoms with E-state index in [9.17, 15) is 8.42 Å². The third kappa shape index (κ3) is 3.08. The van der Waals surface area contributed by atoms with Gasteiger partial charge in [0.2, 0.25) is 0 Å². The lowest BCUT2D eigenvalue weighted by Gasteiger charge is -2.17. The topological polar surface area (TPSA) is 52.6 Å². The first-order valence-electron chi connectivity index (χ1n) is 4.66. The van der Waals surface area contributed by atoms with E-state index in [-0.39, 0.29) is 5.75 Å². The predicted molar refractivity (Wildman–Crippen MR) is 53.5 cm³/mol. The second-order valence-corrected chi connectivity index (χ2v) is 5.52. The van der Waals surface area contributed by atoms with E-state index in [2.05, 4.69) is 6.58 Å². The van der Waals surface area contributed by atoms with Crippen molar-refractivity contribution in [2.24, 2.45) is 0 Å². The summed E-state index contributed by atoms with van der Waals surface area (Å²) in [5, 5.41) is 0. The van der Waals surface area contributed by atoms with Crippen LogP contribution in [0, 0.1) is 0 Å². The zero-order chi connectivity index (χ0) is 10.6. The highest BCUT2D eigenvalue weighted by Crippen LogP contribution is 2.22. The maximum absolute atomic E-state index is 11.4. The van der Waals surface area contributed by atoms with Crippen molar-refractivity contribution in [2.75, 3.05) is 12.4 Å². The van der Waals surface area contributed by atoms with Gasteiger partial charge >= 0.3 is 0 Å². The molecule has 4 nitrogen and oxygen atoms in total. The van der Waals surface area contributed by atoms with Crippen LogP contribution in [0.1, 0.15) is 19.8 Å². The molecule has 2 atom stereocenters. The normalized spacial score (nSPS) is 27.4. The van der Waals surface area contributed by atoms with Gasteiger partial charge in [-0.3, -0.25) is 0 Å². The summed E-state index contributed by atoms with van der Waals surface area (Å²) in [6.45, 7) is 5.56. The van der Waals surface area contributed by atoms with Crippen LogP contribution in [0.3, 0.4) is 0 Å². The molecule has 0 N–H and O–H groups in total. The summed E-state index contributed by atoms with van der Waals surface area (Å²) in [5.41, 5.74) is -0.678. The molecule has 14 heavy (non-hydrogen) atoms. The van der Waals surface area contributed by atoms with Crippen LogP contribution in [0.25, 0.3) is 0 Å². The molecule has 0 spiro atoms. The summed E-state index contributed by atoms with van der Waals surface area (Å²) in [5.74, 6) is 0.228. The van der Waals surface area contributed by atoms with Crippen molar-refractivity contribution in [2.45, 2.75) is 31.5 Å². The van der Waals surface area contributed by atoms with Crippen molar-refractivity contribution >= 4 is 9.84 Å². The van der Waals surface area contributed by atoms with Crippen LogP contribution in [0.4, 0.5) is 0 Å². The molecule has 1 rings (SSSR count). The Kier molecular flexibility index (Phi) is 4.10. The first-order valence-corrected chi connectivity index (χ1v) is 6.37. The zero-order valence-corrected chi connectivity index (χ0v) is 9.13. The molecule has 0 saturated carbocycles. The van der Waals surface area contributed by atoms with Gasteiger partial charge in [0, 0.05) is 0 Å². The van der Waals surface area contributed by atoms with Crippen molar-refractivity contribution in [3.05, 3.63) is 12.7 Å². The van der Waals surface area contributed by atoms with Gasteiger partial charge in [-0.1, -0.05) is 6.08 Å². The Labute approximate surface area is 84.8 Å². The molecular formula is C9H16O4S. The molecule has 1 aliphatic rings. The largest absolute Gasteiger partial charge is 0.349 e. The zero-order valence-electron chi connectivity index (χ0n) is 8.31. The SMILES string of the molecule is C=CCOC(C)OC1CCCS1(=O)=O. The Morgan fingerprint density at radius 1 is 1.64 bits per heavy atom. The Morgan fingerprint density at radius 3 is 2.86 bits per heavy atom. The highest BCUT2D eigenvalue weighted by molar-refractivity contribution is 7.92. The van der Waals surface area contributed by atoms with E-state index < -0.39 is 21.6 Å². The highest BCUT2D eigenvalue weighted by atomic mass is 32.2. The van der Waals surface area contributed by atoms with Gasteiger partial charge in [0.05, 0.1) is 12.4 Å². The molecule has 0 bridgehead atoms. The highest BCUT2D eigenvalue weighted by Gasteiger charge is 2.33. The monoisotopic (exact) mass is 220 g/mol. The number of ether oxygens (including phenoxy) is 2. The molecule has 0 aliphatic carbocycles. The third-order valence-electron chi connectivity index (χ3n) is 2.06. The molecule has 82 valence electrons. The van der Waals surface area contributed by atoms with Gasteiger partial charge in [0.1, 0.15) is 0 Å². The van der Waals surface area contributed by atoms with Crippen LogP contribution in [0.5, 0.6) is 0 Å². The second kappa shape index (κ2) is 4.91. The standard InChI is InChI=1S/C9H16O4S/c1-3-6-12-8(2)13-9-5-4-7-14(9,10)11/h3,8-9H,1,4-7H2,2H3. The average Bonchev–Trinajstić information content (AvgIpc) is 2.43. The van der Waals surface area contributed by atoms with Gasteiger partial charge in [0.15, 0.2) is 21.6 Å². The second-order valence-electron chi connectivity index (χ2n) is 3.26.